The first-order valence-corrected chi connectivity index (χ1v) is 10.0. The molecule has 28 heavy (non-hydrogen) atoms. The number of hydrogen-bond acceptors (Lipinski definition) is 8. The number of nitrogens with two attached hydrogens (primary N) is 1. The van der Waals surface area contributed by atoms with Gasteiger partial charge in [0.2, 0.25) is 5.95 Å². The molecular weight excluding hydrogens is 356 g/mol. The summed E-state index contributed by atoms with van der Waals surface area (Å²) in [6.07, 6.45) is 5.93. The van der Waals surface area contributed by atoms with Crippen molar-refractivity contribution in [1.29, 1.82) is 0 Å². The van der Waals surface area contributed by atoms with Gasteiger partial charge in [0.15, 0.2) is 11.6 Å². The highest BCUT2D eigenvalue weighted by molar-refractivity contribution is 5.86. The standard InChI is InChI=1S/C20H30N6O2/c1-3-4-8-20(2,9-7-16(27)15-13-28-12-11-22-15)26-18-17-14(6-5-10-23-17)24-19(21)25-18/h5-6,10,15,22H,3-4,7-9,11-13H2,1-2H3,(H3,21,24,25,26)/t15-,20?/m0/s1. The Labute approximate surface area is 165 Å². The first-order chi connectivity index (χ1) is 13.5. The summed E-state index contributed by atoms with van der Waals surface area (Å²) in [5.74, 6) is 1.02. The minimum absolute atomic E-state index is 0.189. The Morgan fingerprint density at radius 1 is 1.43 bits per heavy atom. The zero-order valence-corrected chi connectivity index (χ0v) is 16.7. The predicted octanol–water partition coefficient (Wildman–Crippen LogP) is 2.31. The molecule has 0 aliphatic carbocycles. The van der Waals surface area contributed by atoms with Crippen molar-refractivity contribution in [3.05, 3.63) is 18.3 Å². The maximum atomic E-state index is 12.6. The molecule has 2 aromatic heterocycles. The first kappa shape index (κ1) is 20.4. The maximum absolute atomic E-state index is 12.6. The fourth-order valence-electron chi connectivity index (χ4n) is 3.52. The van der Waals surface area contributed by atoms with E-state index >= 15 is 0 Å². The first-order valence-electron chi connectivity index (χ1n) is 10.0. The number of fused-ring (bicyclic) bond motifs is 1. The zero-order valence-electron chi connectivity index (χ0n) is 16.7. The molecule has 0 radical (unpaired) electrons. The summed E-state index contributed by atoms with van der Waals surface area (Å²) in [6, 6.07) is 3.49. The van der Waals surface area contributed by atoms with Gasteiger partial charge in [0.1, 0.15) is 5.52 Å². The Morgan fingerprint density at radius 2 is 2.29 bits per heavy atom. The highest BCUT2D eigenvalue weighted by Crippen LogP contribution is 2.28. The molecule has 2 atom stereocenters. The number of hydrogen-bond donors (Lipinski definition) is 3. The van der Waals surface area contributed by atoms with Crippen LogP contribution in [0, 0.1) is 0 Å². The Kier molecular flexibility index (Phi) is 6.74. The van der Waals surface area contributed by atoms with Crippen LogP contribution in [0.15, 0.2) is 18.3 Å². The van der Waals surface area contributed by atoms with Crippen LogP contribution in [0.1, 0.15) is 46.0 Å². The van der Waals surface area contributed by atoms with E-state index in [1.165, 1.54) is 0 Å². The topological polar surface area (TPSA) is 115 Å². The molecule has 3 heterocycles. The van der Waals surface area contributed by atoms with Crippen molar-refractivity contribution in [2.45, 2.75) is 57.5 Å². The van der Waals surface area contributed by atoms with Crippen molar-refractivity contribution < 1.29 is 9.53 Å². The van der Waals surface area contributed by atoms with Crippen molar-refractivity contribution in [2.75, 3.05) is 30.8 Å². The summed E-state index contributed by atoms with van der Waals surface area (Å²) in [6.45, 7) is 6.13. The molecule has 4 N–H and O–H groups in total. The average Bonchev–Trinajstić information content (AvgIpc) is 2.71. The van der Waals surface area contributed by atoms with Crippen LogP contribution in [0.25, 0.3) is 11.0 Å². The van der Waals surface area contributed by atoms with E-state index in [2.05, 4.69) is 39.4 Å². The lowest BCUT2D eigenvalue weighted by Gasteiger charge is -2.32. The number of anilines is 2. The molecule has 3 rings (SSSR count). The second-order valence-electron chi connectivity index (χ2n) is 7.64. The van der Waals surface area contributed by atoms with Crippen LogP contribution in [0.2, 0.25) is 0 Å². The van der Waals surface area contributed by atoms with Gasteiger partial charge in [0.25, 0.3) is 0 Å². The number of morpholine rings is 1. The van der Waals surface area contributed by atoms with Crippen molar-refractivity contribution in [2.24, 2.45) is 0 Å². The molecule has 8 nitrogen and oxygen atoms in total. The van der Waals surface area contributed by atoms with Gasteiger partial charge in [-0.25, -0.2) is 4.98 Å². The molecule has 1 saturated heterocycles. The third-order valence-electron chi connectivity index (χ3n) is 5.21. The van der Waals surface area contributed by atoms with E-state index in [1.807, 2.05) is 12.1 Å². The van der Waals surface area contributed by atoms with Gasteiger partial charge in [-0.1, -0.05) is 19.8 Å². The third kappa shape index (κ3) is 5.14. The normalized spacial score (nSPS) is 19.3. The molecule has 1 aliphatic heterocycles. The highest BCUT2D eigenvalue weighted by atomic mass is 16.5. The van der Waals surface area contributed by atoms with E-state index in [9.17, 15) is 4.79 Å². The molecule has 0 spiro atoms. The highest BCUT2D eigenvalue weighted by Gasteiger charge is 2.29. The molecule has 0 aromatic carbocycles. The molecule has 0 amide bonds. The Hall–Kier alpha value is -2.32. The van der Waals surface area contributed by atoms with E-state index in [1.54, 1.807) is 6.20 Å². The van der Waals surface area contributed by atoms with Crippen LogP contribution in [0.3, 0.4) is 0 Å². The molecule has 1 aliphatic rings. The SMILES string of the molecule is CCCCC(C)(CCC(=O)[C@@H]1COCCN1)Nc1nc(N)nc2cccnc12. The smallest absolute Gasteiger partial charge is 0.222 e. The largest absolute Gasteiger partial charge is 0.378 e. The molecular formula is C20H30N6O2. The number of carbonyl (C=O) groups excluding carboxylic acids is 1. The van der Waals surface area contributed by atoms with Crippen LogP contribution in [0.5, 0.6) is 0 Å². The number of ether oxygens (including phenoxy) is 1. The zero-order chi connectivity index (χ0) is 20.0. The van der Waals surface area contributed by atoms with Gasteiger partial charge in [-0.3, -0.25) is 9.78 Å². The van der Waals surface area contributed by atoms with E-state index in [-0.39, 0.29) is 23.3 Å². The third-order valence-corrected chi connectivity index (χ3v) is 5.21. The summed E-state index contributed by atoms with van der Waals surface area (Å²) in [5.41, 5.74) is 6.99. The second-order valence-corrected chi connectivity index (χ2v) is 7.64. The lowest BCUT2D eigenvalue weighted by molar-refractivity contribution is -0.124. The van der Waals surface area contributed by atoms with Crippen LogP contribution in [0.4, 0.5) is 11.8 Å². The van der Waals surface area contributed by atoms with Gasteiger partial charge in [-0.15, -0.1) is 0 Å². The Balaban J connectivity index is 1.76. The van der Waals surface area contributed by atoms with E-state index in [0.29, 0.717) is 42.9 Å². The van der Waals surface area contributed by atoms with Crippen molar-refractivity contribution in [3.8, 4) is 0 Å². The summed E-state index contributed by atoms with van der Waals surface area (Å²) in [5, 5.41) is 6.77. The maximum Gasteiger partial charge on any atom is 0.222 e. The number of nitrogens with zero attached hydrogens (tertiary/aromatic N) is 3. The minimum Gasteiger partial charge on any atom is -0.378 e. The van der Waals surface area contributed by atoms with Gasteiger partial charge in [0.05, 0.1) is 24.8 Å². The van der Waals surface area contributed by atoms with Crippen molar-refractivity contribution in [3.63, 3.8) is 0 Å². The Bertz CT molecular complexity index is 808. The lowest BCUT2D eigenvalue weighted by Crippen LogP contribution is -2.47. The van der Waals surface area contributed by atoms with Crippen molar-refractivity contribution >= 4 is 28.6 Å². The molecule has 0 bridgehead atoms. The van der Waals surface area contributed by atoms with Gasteiger partial charge in [-0.2, -0.15) is 4.98 Å². The molecule has 152 valence electrons. The van der Waals surface area contributed by atoms with Gasteiger partial charge < -0.3 is 21.1 Å². The number of nitrogens with one attached hydrogen (secondary N) is 2. The van der Waals surface area contributed by atoms with E-state index in [0.717, 1.165) is 25.8 Å². The van der Waals surface area contributed by atoms with Crippen molar-refractivity contribution in [1.82, 2.24) is 20.3 Å². The average molecular weight is 387 g/mol. The minimum atomic E-state index is -0.299. The Morgan fingerprint density at radius 3 is 3.04 bits per heavy atom. The number of ketones is 1. The van der Waals surface area contributed by atoms with Crippen LogP contribution in [-0.4, -0.2) is 52.1 Å². The fraction of sp³-hybridized carbons (Fsp3) is 0.600. The number of pyridine rings is 1. The molecule has 1 fully saturated rings. The monoisotopic (exact) mass is 386 g/mol. The number of rotatable bonds is 9. The number of Topliss-reactive ketones (excluding diaryl/α,β-unsaturated/α-hetero) is 1. The molecule has 1 unspecified atom stereocenters. The van der Waals surface area contributed by atoms with Gasteiger partial charge in [-0.05, 0) is 31.9 Å². The van der Waals surface area contributed by atoms with Crippen LogP contribution < -0.4 is 16.4 Å². The fourth-order valence-corrected chi connectivity index (χ4v) is 3.52. The van der Waals surface area contributed by atoms with E-state index in [4.69, 9.17) is 10.5 Å². The predicted molar refractivity (Wildman–Crippen MR) is 110 cm³/mol. The lowest BCUT2D eigenvalue weighted by atomic mass is 9.87. The molecule has 0 saturated carbocycles. The van der Waals surface area contributed by atoms with Gasteiger partial charge >= 0.3 is 0 Å². The summed E-state index contributed by atoms with van der Waals surface area (Å²) in [4.78, 5) is 25.7. The van der Waals surface area contributed by atoms with Crippen LogP contribution >= 0.6 is 0 Å². The summed E-state index contributed by atoms with van der Waals surface area (Å²) in [7, 11) is 0. The van der Waals surface area contributed by atoms with E-state index < -0.39 is 0 Å². The number of carbonyl (C=O) groups is 1. The van der Waals surface area contributed by atoms with Crippen LogP contribution in [-0.2, 0) is 9.53 Å². The summed E-state index contributed by atoms with van der Waals surface area (Å²) >= 11 is 0. The second kappa shape index (κ2) is 9.25. The number of unbranched alkanes of at least 4 members (excludes halogenated alkanes) is 1. The molecule has 2 aromatic rings. The summed E-state index contributed by atoms with van der Waals surface area (Å²) < 4.78 is 5.42. The van der Waals surface area contributed by atoms with Gasteiger partial charge in [0, 0.05) is 24.7 Å². The number of aromatic nitrogens is 3. The molecule has 8 heteroatoms. The number of nitrogen functional groups attached to an aromatic ring is 1. The quantitative estimate of drug-likeness (QED) is 0.601.